The highest BCUT2D eigenvalue weighted by molar-refractivity contribution is 6.30. The van der Waals surface area contributed by atoms with Crippen LogP contribution < -0.4 is 5.73 Å². The molecular formula is C10H16ClN. The molecule has 0 unspecified atom stereocenters. The molecule has 0 aliphatic carbocycles. The molecule has 2 heteroatoms. The van der Waals surface area contributed by atoms with Crippen molar-refractivity contribution >= 4 is 17.3 Å². The van der Waals surface area contributed by atoms with Gasteiger partial charge in [-0.05, 0) is 30.2 Å². The summed E-state index contributed by atoms with van der Waals surface area (Å²) in [5.41, 5.74) is 7.48. The van der Waals surface area contributed by atoms with Gasteiger partial charge in [0.15, 0.2) is 0 Å². The van der Waals surface area contributed by atoms with Gasteiger partial charge in [0, 0.05) is 10.7 Å². The largest absolute Gasteiger partial charge is 0.399 e. The Morgan fingerprint density at radius 3 is 2.25 bits per heavy atom. The molecule has 0 amide bonds. The van der Waals surface area contributed by atoms with Gasteiger partial charge in [-0.1, -0.05) is 32.4 Å². The molecule has 0 saturated carbocycles. The minimum Gasteiger partial charge on any atom is -0.399 e. The topological polar surface area (TPSA) is 26.0 Å². The van der Waals surface area contributed by atoms with Gasteiger partial charge in [0.2, 0.25) is 0 Å². The number of benzene rings is 1. The molecule has 0 spiro atoms. The van der Waals surface area contributed by atoms with Gasteiger partial charge < -0.3 is 5.73 Å². The molecule has 1 aromatic carbocycles. The van der Waals surface area contributed by atoms with Crippen LogP contribution in [0.4, 0.5) is 5.69 Å². The van der Waals surface area contributed by atoms with E-state index in [1.54, 1.807) is 6.07 Å². The predicted molar refractivity (Wildman–Crippen MR) is 56.6 cm³/mol. The van der Waals surface area contributed by atoms with Crippen LogP contribution in [0.15, 0.2) is 18.2 Å². The SMILES string of the molecule is CC.CCc1cc(N)cc(Cl)c1. The molecule has 1 aromatic rings. The molecule has 0 bridgehead atoms. The van der Waals surface area contributed by atoms with Crippen LogP contribution in [0.1, 0.15) is 26.3 Å². The Hall–Kier alpha value is -0.690. The first-order valence-corrected chi connectivity index (χ1v) is 4.65. The standard InChI is InChI=1S/C8H10ClN.C2H6/c1-2-6-3-7(9)5-8(10)4-6;1-2/h3-5H,2,10H2,1H3;1-2H3. The van der Waals surface area contributed by atoms with E-state index >= 15 is 0 Å². The Bertz CT molecular complexity index is 213. The Labute approximate surface area is 79.5 Å². The van der Waals surface area contributed by atoms with Gasteiger partial charge in [0.1, 0.15) is 0 Å². The molecule has 1 nitrogen and oxygen atoms in total. The summed E-state index contributed by atoms with van der Waals surface area (Å²) in [4.78, 5) is 0. The highest BCUT2D eigenvalue weighted by Crippen LogP contribution is 2.16. The lowest BCUT2D eigenvalue weighted by Crippen LogP contribution is -1.87. The maximum absolute atomic E-state index is 5.75. The maximum atomic E-state index is 5.75. The first-order valence-electron chi connectivity index (χ1n) is 4.27. The van der Waals surface area contributed by atoms with Crippen LogP contribution in [0.3, 0.4) is 0 Å². The molecule has 12 heavy (non-hydrogen) atoms. The summed E-state index contributed by atoms with van der Waals surface area (Å²) in [7, 11) is 0. The summed E-state index contributed by atoms with van der Waals surface area (Å²) in [6, 6.07) is 5.62. The lowest BCUT2D eigenvalue weighted by atomic mass is 10.1. The number of nitrogens with two attached hydrogens (primary N) is 1. The molecule has 0 aliphatic heterocycles. The predicted octanol–water partition coefficient (Wildman–Crippen LogP) is 3.51. The van der Waals surface area contributed by atoms with Crippen molar-refractivity contribution in [3.05, 3.63) is 28.8 Å². The fourth-order valence-corrected chi connectivity index (χ4v) is 1.15. The zero-order valence-electron chi connectivity index (χ0n) is 7.89. The number of nitrogen functional groups attached to an aromatic ring is 1. The van der Waals surface area contributed by atoms with Crippen molar-refractivity contribution in [2.75, 3.05) is 5.73 Å². The number of aryl methyl sites for hydroxylation is 1. The summed E-state index contributed by atoms with van der Waals surface area (Å²) < 4.78 is 0. The van der Waals surface area contributed by atoms with E-state index in [2.05, 4.69) is 6.92 Å². The van der Waals surface area contributed by atoms with Gasteiger partial charge >= 0.3 is 0 Å². The first-order chi connectivity index (χ1) is 5.72. The van der Waals surface area contributed by atoms with E-state index in [4.69, 9.17) is 17.3 Å². The third-order valence-corrected chi connectivity index (χ3v) is 1.61. The lowest BCUT2D eigenvalue weighted by molar-refractivity contribution is 1.14. The van der Waals surface area contributed by atoms with Gasteiger partial charge in [-0.2, -0.15) is 0 Å². The minimum atomic E-state index is 0.719. The van der Waals surface area contributed by atoms with E-state index in [1.165, 1.54) is 5.56 Å². The van der Waals surface area contributed by atoms with E-state index in [9.17, 15) is 0 Å². The molecule has 0 fully saturated rings. The molecular weight excluding hydrogens is 170 g/mol. The van der Waals surface area contributed by atoms with E-state index in [0.29, 0.717) is 0 Å². The second kappa shape index (κ2) is 5.90. The summed E-state index contributed by atoms with van der Waals surface area (Å²) in [5.74, 6) is 0. The van der Waals surface area contributed by atoms with E-state index in [0.717, 1.165) is 17.1 Å². The molecule has 2 N–H and O–H groups in total. The number of hydrogen-bond acceptors (Lipinski definition) is 1. The summed E-state index contributed by atoms with van der Waals surface area (Å²) in [6.07, 6.45) is 0.977. The third kappa shape index (κ3) is 3.63. The molecule has 1 rings (SSSR count). The van der Waals surface area contributed by atoms with Gasteiger partial charge in [0.05, 0.1) is 0 Å². The molecule has 68 valence electrons. The number of anilines is 1. The average Bonchev–Trinajstić information content (AvgIpc) is 2.06. The van der Waals surface area contributed by atoms with Crippen molar-refractivity contribution in [1.29, 1.82) is 0 Å². The van der Waals surface area contributed by atoms with Crippen LogP contribution >= 0.6 is 11.6 Å². The summed E-state index contributed by atoms with van der Waals surface area (Å²) in [5, 5.41) is 0.719. The highest BCUT2D eigenvalue weighted by Gasteiger charge is 1.93. The van der Waals surface area contributed by atoms with Gasteiger partial charge in [-0.15, -0.1) is 0 Å². The fourth-order valence-electron chi connectivity index (χ4n) is 0.880. The Kier molecular flexibility index (Phi) is 5.56. The highest BCUT2D eigenvalue weighted by atomic mass is 35.5. The number of hydrogen-bond donors (Lipinski definition) is 1. The van der Waals surface area contributed by atoms with Crippen LogP contribution in [-0.4, -0.2) is 0 Å². The molecule has 0 radical (unpaired) electrons. The molecule has 0 aliphatic rings. The van der Waals surface area contributed by atoms with E-state index in [1.807, 2.05) is 26.0 Å². The molecule has 0 atom stereocenters. The van der Waals surface area contributed by atoms with E-state index < -0.39 is 0 Å². The molecule has 0 heterocycles. The second-order valence-electron chi connectivity index (χ2n) is 2.25. The number of rotatable bonds is 1. The van der Waals surface area contributed by atoms with E-state index in [-0.39, 0.29) is 0 Å². The van der Waals surface area contributed by atoms with Crippen LogP contribution in [-0.2, 0) is 6.42 Å². The third-order valence-electron chi connectivity index (χ3n) is 1.39. The van der Waals surface area contributed by atoms with Crippen molar-refractivity contribution in [2.24, 2.45) is 0 Å². The summed E-state index contributed by atoms with van der Waals surface area (Å²) >= 11 is 5.75. The molecule has 0 aromatic heterocycles. The van der Waals surface area contributed by atoms with Crippen LogP contribution in [0.2, 0.25) is 5.02 Å². The number of halogens is 1. The van der Waals surface area contributed by atoms with Crippen molar-refractivity contribution in [2.45, 2.75) is 27.2 Å². The van der Waals surface area contributed by atoms with Crippen LogP contribution in [0.25, 0.3) is 0 Å². The Morgan fingerprint density at radius 2 is 1.83 bits per heavy atom. The van der Waals surface area contributed by atoms with Gasteiger partial charge in [-0.3, -0.25) is 0 Å². The van der Waals surface area contributed by atoms with Crippen molar-refractivity contribution in [3.63, 3.8) is 0 Å². The Balaban J connectivity index is 0.000000561. The average molecular weight is 186 g/mol. The first kappa shape index (κ1) is 11.3. The van der Waals surface area contributed by atoms with Crippen molar-refractivity contribution < 1.29 is 0 Å². The monoisotopic (exact) mass is 185 g/mol. The quantitative estimate of drug-likeness (QED) is 0.666. The second-order valence-corrected chi connectivity index (χ2v) is 2.68. The molecule has 0 saturated heterocycles. The normalized spacial score (nSPS) is 8.67. The maximum Gasteiger partial charge on any atom is 0.0429 e. The Morgan fingerprint density at radius 1 is 1.25 bits per heavy atom. The van der Waals surface area contributed by atoms with Gasteiger partial charge in [0.25, 0.3) is 0 Å². The smallest absolute Gasteiger partial charge is 0.0429 e. The van der Waals surface area contributed by atoms with Crippen molar-refractivity contribution in [3.8, 4) is 0 Å². The minimum absolute atomic E-state index is 0.719. The summed E-state index contributed by atoms with van der Waals surface area (Å²) in [6.45, 7) is 6.07. The fraction of sp³-hybridized carbons (Fsp3) is 0.400. The zero-order chi connectivity index (χ0) is 9.56. The zero-order valence-corrected chi connectivity index (χ0v) is 8.65. The van der Waals surface area contributed by atoms with Crippen molar-refractivity contribution in [1.82, 2.24) is 0 Å². The van der Waals surface area contributed by atoms with Crippen LogP contribution in [0, 0.1) is 0 Å². The van der Waals surface area contributed by atoms with Gasteiger partial charge in [-0.25, -0.2) is 0 Å². The van der Waals surface area contributed by atoms with Crippen LogP contribution in [0.5, 0.6) is 0 Å². The lowest BCUT2D eigenvalue weighted by Gasteiger charge is -1.98.